The number of fused-ring (bicyclic) bond motifs is 2. The number of carbonyl (C=O) groups is 1. The molecule has 0 saturated carbocycles. The number of hydrogen-bond acceptors (Lipinski definition) is 3. The number of aromatic nitrogens is 1. The number of thiophene rings is 1. The lowest BCUT2D eigenvalue weighted by atomic mass is 9.93. The second-order valence-corrected chi connectivity index (χ2v) is 6.86. The molecule has 0 saturated heterocycles. The first-order valence-electron chi connectivity index (χ1n) is 6.62. The average Bonchev–Trinajstić information content (AvgIpc) is 2.86. The lowest BCUT2D eigenvalue weighted by molar-refractivity contribution is -0.141. The topological polar surface area (TPSA) is 50.2 Å². The first kappa shape index (κ1) is 15.3. The molecule has 1 N–H and O–H groups in total. The second kappa shape index (κ2) is 5.34. The number of carboxylic acid groups (broad SMARTS) is 1. The Hall–Kier alpha value is -1.13. The van der Waals surface area contributed by atoms with Crippen molar-refractivity contribution >= 4 is 39.9 Å². The van der Waals surface area contributed by atoms with Crippen LogP contribution in [0.15, 0.2) is 6.07 Å². The summed E-state index contributed by atoms with van der Waals surface area (Å²) < 4.78 is 0. The Morgan fingerprint density at radius 1 is 1.45 bits per heavy atom. The van der Waals surface area contributed by atoms with Crippen LogP contribution in [0.3, 0.4) is 0 Å². The molecule has 3 nitrogen and oxygen atoms in total. The highest BCUT2D eigenvalue weighted by Crippen LogP contribution is 2.39. The Morgan fingerprint density at radius 2 is 2.15 bits per heavy atom. The molecule has 0 aliphatic heterocycles. The zero-order chi connectivity index (χ0) is 13.7. The minimum atomic E-state index is -0.702. The molecule has 2 aromatic heterocycles. The SMILES string of the molecule is Cc1cc2c(C(C)C)c3c(nc2s1)CC(C(=O)O)C3.Cl. The van der Waals surface area contributed by atoms with Gasteiger partial charge in [0, 0.05) is 22.4 Å². The average molecular weight is 312 g/mol. The quantitative estimate of drug-likeness (QED) is 0.913. The number of halogens is 1. The van der Waals surface area contributed by atoms with Crippen LogP contribution in [0.4, 0.5) is 0 Å². The van der Waals surface area contributed by atoms with Gasteiger partial charge in [-0.2, -0.15) is 0 Å². The molecule has 2 aromatic rings. The molecular weight excluding hydrogens is 294 g/mol. The summed E-state index contributed by atoms with van der Waals surface area (Å²) in [5.74, 6) is -0.592. The number of rotatable bonds is 2. The number of hydrogen-bond donors (Lipinski definition) is 1. The molecule has 1 aliphatic carbocycles. The molecular formula is C15H18ClNO2S. The van der Waals surface area contributed by atoms with E-state index in [2.05, 4.69) is 26.8 Å². The van der Waals surface area contributed by atoms with Gasteiger partial charge in [-0.05, 0) is 36.5 Å². The molecule has 0 radical (unpaired) electrons. The van der Waals surface area contributed by atoms with Gasteiger partial charge in [0.05, 0.1) is 5.92 Å². The maximum atomic E-state index is 11.2. The lowest BCUT2D eigenvalue weighted by Crippen LogP contribution is -2.13. The first-order valence-corrected chi connectivity index (χ1v) is 7.43. The molecule has 1 atom stereocenters. The summed E-state index contributed by atoms with van der Waals surface area (Å²) in [6, 6.07) is 2.19. The molecule has 0 fully saturated rings. The molecule has 0 aromatic carbocycles. The van der Waals surface area contributed by atoms with Gasteiger partial charge in [0.15, 0.2) is 0 Å². The van der Waals surface area contributed by atoms with Crippen LogP contribution in [-0.2, 0) is 17.6 Å². The molecule has 3 rings (SSSR count). The fourth-order valence-electron chi connectivity index (χ4n) is 3.07. The van der Waals surface area contributed by atoms with E-state index in [1.165, 1.54) is 21.4 Å². The van der Waals surface area contributed by atoms with Crippen LogP contribution in [0.1, 0.15) is 41.5 Å². The van der Waals surface area contributed by atoms with Crippen LogP contribution in [0, 0.1) is 12.8 Å². The number of aryl methyl sites for hydroxylation is 1. The summed E-state index contributed by atoms with van der Waals surface area (Å²) in [7, 11) is 0. The van der Waals surface area contributed by atoms with Crippen LogP contribution < -0.4 is 0 Å². The molecule has 0 amide bonds. The molecule has 1 unspecified atom stereocenters. The summed E-state index contributed by atoms with van der Waals surface area (Å²) in [5.41, 5.74) is 3.51. The Bertz CT molecular complexity index is 678. The second-order valence-electron chi connectivity index (χ2n) is 5.62. The van der Waals surface area contributed by atoms with Crippen molar-refractivity contribution in [3.8, 4) is 0 Å². The lowest BCUT2D eigenvalue weighted by Gasteiger charge is -2.13. The van der Waals surface area contributed by atoms with Gasteiger partial charge in [-0.3, -0.25) is 4.79 Å². The van der Waals surface area contributed by atoms with Gasteiger partial charge in [-0.25, -0.2) is 4.98 Å². The Kier molecular flexibility index (Phi) is 4.07. The van der Waals surface area contributed by atoms with Crippen LogP contribution in [0.2, 0.25) is 0 Å². The van der Waals surface area contributed by atoms with E-state index in [1.807, 2.05) is 0 Å². The van der Waals surface area contributed by atoms with Crippen molar-refractivity contribution < 1.29 is 9.90 Å². The predicted octanol–water partition coefficient (Wildman–Crippen LogP) is 3.95. The highest BCUT2D eigenvalue weighted by atomic mass is 35.5. The van der Waals surface area contributed by atoms with Crippen molar-refractivity contribution in [3.05, 3.63) is 27.8 Å². The van der Waals surface area contributed by atoms with Gasteiger partial charge < -0.3 is 5.11 Å². The largest absolute Gasteiger partial charge is 0.481 e. The fraction of sp³-hybridized carbons (Fsp3) is 0.467. The summed E-state index contributed by atoms with van der Waals surface area (Å²) in [4.78, 5) is 18.2. The molecule has 0 spiro atoms. The molecule has 0 bridgehead atoms. The maximum Gasteiger partial charge on any atom is 0.307 e. The summed E-state index contributed by atoms with van der Waals surface area (Å²) in [6.07, 6.45) is 1.22. The van der Waals surface area contributed by atoms with Crippen molar-refractivity contribution in [2.24, 2.45) is 5.92 Å². The van der Waals surface area contributed by atoms with Crippen LogP contribution >= 0.6 is 23.7 Å². The van der Waals surface area contributed by atoms with Gasteiger partial charge in [-0.15, -0.1) is 23.7 Å². The zero-order valence-corrected chi connectivity index (χ0v) is 13.4. The summed E-state index contributed by atoms with van der Waals surface area (Å²) >= 11 is 1.70. The van der Waals surface area contributed by atoms with Gasteiger partial charge in [0.2, 0.25) is 0 Å². The standard InChI is InChI=1S/C15H17NO2S.ClH/c1-7(2)13-10-5-9(15(17)18)6-12(10)16-14-11(13)4-8(3)19-14;/h4,7,9H,5-6H2,1-3H3,(H,17,18);1H. The van der Waals surface area contributed by atoms with Crippen LogP contribution in [-0.4, -0.2) is 16.1 Å². The number of nitrogens with zero attached hydrogens (tertiary/aromatic N) is 1. The van der Waals surface area contributed by atoms with E-state index in [-0.39, 0.29) is 18.3 Å². The van der Waals surface area contributed by atoms with Crippen molar-refractivity contribution in [1.82, 2.24) is 4.98 Å². The summed E-state index contributed by atoms with van der Waals surface area (Å²) in [6.45, 7) is 6.45. The first-order chi connectivity index (χ1) is 8.97. The van der Waals surface area contributed by atoms with Crippen molar-refractivity contribution in [3.63, 3.8) is 0 Å². The molecule has 2 heterocycles. The van der Waals surface area contributed by atoms with E-state index in [0.717, 1.165) is 10.5 Å². The summed E-state index contributed by atoms with van der Waals surface area (Å²) in [5, 5.41) is 10.4. The number of aliphatic carboxylic acids is 1. The molecule has 20 heavy (non-hydrogen) atoms. The van der Waals surface area contributed by atoms with Crippen LogP contribution in [0.5, 0.6) is 0 Å². The zero-order valence-electron chi connectivity index (χ0n) is 11.8. The van der Waals surface area contributed by atoms with E-state index >= 15 is 0 Å². The van der Waals surface area contributed by atoms with Crippen molar-refractivity contribution in [2.75, 3.05) is 0 Å². The third-order valence-electron chi connectivity index (χ3n) is 3.85. The van der Waals surface area contributed by atoms with Gasteiger partial charge in [0.1, 0.15) is 4.83 Å². The van der Waals surface area contributed by atoms with E-state index in [4.69, 9.17) is 4.98 Å². The van der Waals surface area contributed by atoms with E-state index in [9.17, 15) is 9.90 Å². The van der Waals surface area contributed by atoms with Gasteiger partial charge in [0.25, 0.3) is 0 Å². The van der Waals surface area contributed by atoms with Gasteiger partial charge in [-0.1, -0.05) is 13.8 Å². The predicted molar refractivity (Wildman–Crippen MR) is 84.2 cm³/mol. The Labute approximate surface area is 128 Å². The highest BCUT2D eigenvalue weighted by molar-refractivity contribution is 7.18. The Morgan fingerprint density at radius 3 is 2.75 bits per heavy atom. The third-order valence-corrected chi connectivity index (χ3v) is 4.80. The third kappa shape index (κ3) is 2.31. The monoisotopic (exact) mass is 311 g/mol. The molecule has 5 heteroatoms. The normalized spacial score (nSPS) is 17.3. The number of pyridine rings is 1. The van der Waals surface area contributed by atoms with Crippen molar-refractivity contribution in [2.45, 2.75) is 39.5 Å². The van der Waals surface area contributed by atoms with Gasteiger partial charge >= 0.3 is 5.97 Å². The minimum absolute atomic E-state index is 0. The Balaban J connectivity index is 0.00000147. The maximum absolute atomic E-state index is 11.2. The minimum Gasteiger partial charge on any atom is -0.481 e. The van der Waals surface area contributed by atoms with Crippen LogP contribution in [0.25, 0.3) is 10.2 Å². The fourth-order valence-corrected chi connectivity index (χ4v) is 3.99. The smallest absolute Gasteiger partial charge is 0.307 e. The van der Waals surface area contributed by atoms with E-state index in [0.29, 0.717) is 18.8 Å². The molecule has 1 aliphatic rings. The van der Waals surface area contributed by atoms with E-state index in [1.54, 1.807) is 11.3 Å². The van der Waals surface area contributed by atoms with Crippen molar-refractivity contribution in [1.29, 1.82) is 0 Å². The highest BCUT2D eigenvalue weighted by Gasteiger charge is 2.32. The van der Waals surface area contributed by atoms with E-state index < -0.39 is 5.97 Å². The molecule has 108 valence electrons. The number of carboxylic acids is 1.